The summed E-state index contributed by atoms with van der Waals surface area (Å²) >= 11 is 0. The molecule has 3 aromatic rings. The van der Waals surface area contributed by atoms with Crippen LogP contribution in [0.3, 0.4) is 0 Å². The van der Waals surface area contributed by atoms with E-state index in [1.54, 1.807) is 25.1 Å². The van der Waals surface area contributed by atoms with Crippen LogP contribution in [0.5, 0.6) is 0 Å². The minimum Gasteiger partial charge on any atom is -0.472 e. The molecule has 0 radical (unpaired) electrons. The molecular formula is C36H60O3. The maximum absolute atomic E-state index is 6.05. The lowest BCUT2D eigenvalue weighted by molar-refractivity contribution is 0.0645. The van der Waals surface area contributed by atoms with Crippen molar-refractivity contribution in [1.82, 2.24) is 0 Å². The van der Waals surface area contributed by atoms with Crippen molar-refractivity contribution in [3.8, 4) is 0 Å². The number of hydrogen-bond donors (Lipinski definition) is 0. The minimum absolute atomic E-state index is 0.380. The number of aryl methyl sites for hydroxylation is 5. The Balaban J connectivity index is 0.000000434. The molecular weight excluding hydrogens is 480 g/mol. The van der Waals surface area contributed by atoms with E-state index in [-0.39, 0.29) is 0 Å². The highest BCUT2D eigenvalue weighted by molar-refractivity contribution is 5.26. The quantitative estimate of drug-likeness (QED) is 0.229. The lowest BCUT2D eigenvalue weighted by Gasteiger charge is -2.44. The highest BCUT2D eigenvalue weighted by atomic mass is 16.3. The fourth-order valence-electron chi connectivity index (χ4n) is 5.86. The Morgan fingerprint density at radius 2 is 1.13 bits per heavy atom. The standard InChI is InChI=1S/C24H44O.2C6H8O/c1-9-13-22(12-4)24(14-18(5)6,15-21(10-2)11-3)16-23-20(8)19(7)17-25-23;2*1-5-3-7-4-6(5)2/h17-18,21-22H,9-16H2,1-8H3;2*3-4H,1-2H3. The monoisotopic (exact) mass is 540 g/mol. The summed E-state index contributed by atoms with van der Waals surface area (Å²) in [4.78, 5) is 0. The smallest absolute Gasteiger partial charge is 0.107 e. The fourth-order valence-corrected chi connectivity index (χ4v) is 5.86. The van der Waals surface area contributed by atoms with Crippen LogP contribution in [0.2, 0.25) is 0 Å². The third kappa shape index (κ3) is 11.1. The number of hydrogen-bond acceptors (Lipinski definition) is 3. The second-order valence-electron chi connectivity index (χ2n) is 12.4. The molecule has 3 rings (SSSR count). The molecule has 2 atom stereocenters. The van der Waals surface area contributed by atoms with Crippen molar-refractivity contribution in [2.24, 2.45) is 23.2 Å². The maximum Gasteiger partial charge on any atom is 0.107 e. The first-order valence-corrected chi connectivity index (χ1v) is 15.5. The predicted molar refractivity (Wildman–Crippen MR) is 168 cm³/mol. The van der Waals surface area contributed by atoms with E-state index in [1.165, 1.54) is 84.1 Å². The molecule has 2 unspecified atom stereocenters. The summed E-state index contributed by atoms with van der Waals surface area (Å²) in [6.45, 7) is 26.8. The Morgan fingerprint density at radius 3 is 1.41 bits per heavy atom. The van der Waals surface area contributed by atoms with Gasteiger partial charge in [0.1, 0.15) is 5.76 Å². The van der Waals surface area contributed by atoms with Gasteiger partial charge in [-0.1, -0.05) is 73.6 Å². The number of rotatable bonds is 12. The normalized spacial score (nSPS) is 13.5. The molecule has 0 aliphatic carbocycles. The first-order chi connectivity index (χ1) is 18.4. The summed E-state index contributed by atoms with van der Waals surface area (Å²) in [5, 5.41) is 0. The van der Waals surface area contributed by atoms with E-state index in [9.17, 15) is 0 Å². The van der Waals surface area contributed by atoms with Gasteiger partial charge in [-0.05, 0) is 111 Å². The predicted octanol–water partition coefficient (Wildman–Crippen LogP) is 11.9. The summed E-state index contributed by atoms with van der Waals surface area (Å²) in [5.41, 5.74) is 7.95. The molecule has 0 bridgehead atoms. The highest BCUT2D eigenvalue weighted by Crippen LogP contribution is 2.48. The molecule has 0 aliphatic rings. The van der Waals surface area contributed by atoms with Crippen LogP contribution in [-0.4, -0.2) is 0 Å². The fraction of sp³-hybridized carbons (Fsp3) is 0.667. The molecule has 3 nitrogen and oxygen atoms in total. The molecule has 0 aromatic carbocycles. The average Bonchev–Trinajstić information content (AvgIpc) is 3.57. The summed E-state index contributed by atoms with van der Waals surface area (Å²) in [7, 11) is 0. The second kappa shape index (κ2) is 17.5. The highest BCUT2D eigenvalue weighted by Gasteiger charge is 2.40. The van der Waals surface area contributed by atoms with Crippen LogP contribution in [0.25, 0.3) is 0 Å². The summed E-state index contributed by atoms with van der Waals surface area (Å²) < 4.78 is 15.7. The van der Waals surface area contributed by atoms with Crippen molar-refractivity contribution < 1.29 is 13.3 Å². The zero-order valence-corrected chi connectivity index (χ0v) is 27.5. The first-order valence-electron chi connectivity index (χ1n) is 15.5. The van der Waals surface area contributed by atoms with Gasteiger partial charge in [0.2, 0.25) is 0 Å². The molecule has 0 saturated carbocycles. The average molecular weight is 541 g/mol. The van der Waals surface area contributed by atoms with E-state index in [2.05, 4.69) is 55.4 Å². The Hall–Kier alpha value is -2.16. The van der Waals surface area contributed by atoms with Crippen molar-refractivity contribution in [1.29, 1.82) is 0 Å². The van der Waals surface area contributed by atoms with Crippen LogP contribution in [0.1, 0.15) is 126 Å². The van der Waals surface area contributed by atoms with E-state index in [0.717, 1.165) is 24.2 Å². The third-order valence-electron chi connectivity index (χ3n) is 8.78. The molecule has 3 heterocycles. The van der Waals surface area contributed by atoms with Gasteiger partial charge in [-0.3, -0.25) is 0 Å². The van der Waals surface area contributed by atoms with Gasteiger partial charge in [0.05, 0.1) is 31.3 Å². The van der Waals surface area contributed by atoms with Crippen LogP contribution in [-0.2, 0) is 6.42 Å². The minimum atomic E-state index is 0.380. The van der Waals surface area contributed by atoms with Gasteiger partial charge < -0.3 is 13.3 Å². The molecule has 3 aromatic heterocycles. The van der Waals surface area contributed by atoms with Crippen molar-refractivity contribution in [2.75, 3.05) is 0 Å². The SMILES string of the molecule is CCCC(CC)C(Cc1occ(C)c1C)(CC(C)C)CC(CC)CC.Cc1cocc1C.Cc1cocc1C. The van der Waals surface area contributed by atoms with Gasteiger partial charge in [-0.2, -0.15) is 0 Å². The van der Waals surface area contributed by atoms with Crippen molar-refractivity contribution in [3.05, 3.63) is 70.5 Å². The summed E-state index contributed by atoms with van der Waals surface area (Å²) in [6.07, 6.45) is 19.3. The molecule has 0 saturated heterocycles. The van der Waals surface area contributed by atoms with E-state index >= 15 is 0 Å². The first kappa shape index (κ1) is 34.9. The van der Waals surface area contributed by atoms with E-state index in [1.807, 2.05) is 34.0 Å². The second-order valence-corrected chi connectivity index (χ2v) is 12.4. The van der Waals surface area contributed by atoms with Crippen molar-refractivity contribution in [3.63, 3.8) is 0 Å². The summed E-state index contributed by atoms with van der Waals surface area (Å²) in [6, 6.07) is 0. The van der Waals surface area contributed by atoms with Crippen LogP contribution in [0.4, 0.5) is 0 Å². The zero-order chi connectivity index (χ0) is 29.6. The molecule has 0 fully saturated rings. The van der Waals surface area contributed by atoms with Gasteiger partial charge >= 0.3 is 0 Å². The molecule has 0 amide bonds. The number of furan rings is 3. The van der Waals surface area contributed by atoms with Gasteiger partial charge in [-0.25, -0.2) is 0 Å². The topological polar surface area (TPSA) is 39.4 Å². The van der Waals surface area contributed by atoms with E-state index in [4.69, 9.17) is 13.3 Å². The zero-order valence-electron chi connectivity index (χ0n) is 27.5. The molecule has 0 N–H and O–H groups in total. The van der Waals surface area contributed by atoms with E-state index < -0.39 is 0 Å². The van der Waals surface area contributed by atoms with Crippen LogP contribution in [0, 0.1) is 64.7 Å². The molecule has 3 heteroatoms. The van der Waals surface area contributed by atoms with Gasteiger partial charge in [0, 0.05) is 6.42 Å². The molecule has 39 heavy (non-hydrogen) atoms. The molecule has 222 valence electrons. The van der Waals surface area contributed by atoms with Gasteiger partial charge in [0.15, 0.2) is 0 Å². The maximum atomic E-state index is 6.05. The Kier molecular flexibility index (Phi) is 15.7. The molecule has 0 spiro atoms. The van der Waals surface area contributed by atoms with Gasteiger partial charge in [-0.15, -0.1) is 0 Å². The largest absolute Gasteiger partial charge is 0.472 e. The third-order valence-corrected chi connectivity index (χ3v) is 8.78. The van der Waals surface area contributed by atoms with Crippen LogP contribution < -0.4 is 0 Å². The van der Waals surface area contributed by atoms with Gasteiger partial charge in [0.25, 0.3) is 0 Å². The Labute approximate surface area is 241 Å². The lowest BCUT2D eigenvalue weighted by atomic mass is 9.60. The van der Waals surface area contributed by atoms with Crippen molar-refractivity contribution in [2.45, 2.75) is 134 Å². The summed E-state index contributed by atoms with van der Waals surface area (Å²) in [5.74, 6) is 3.61. The Bertz CT molecular complexity index is 958. The molecule has 0 aliphatic heterocycles. The van der Waals surface area contributed by atoms with E-state index in [0.29, 0.717) is 5.41 Å². The van der Waals surface area contributed by atoms with Crippen LogP contribution >= 0.6 is 0 Å². The lowest BCUT2D eigenvalue weighted by Crippen LogP contribution is -2.36. The van der Waals surface area contributed by atoms with Crippen LogP contribution in [0.15, 0.2) is 44.6 Å². The van der Waals surface area contributed by atoms with Crippen molar-refractivity contribution >= 4 is 0 Å². The Morgan fingerprint density at radius 1 is 0.641 bits per heavy atom.